The highest BCUT2D eigenvalue weighted by atomic mass is 16.1. The number of benzene rings is 2. The van der Waals surface area contributed by atoms with Gasteiger partial charge in [0.15, 0.2) is 0 Å². The summed E-state index contributed by atoms with van der Waals surface area (Å²) in [5.41, 5.74) is 2.25. The van der Waals surface area contributed by atoms with Crippen LogP contribution in [0.5, 0.6) is 0 Å². The molecule has 0 aromatic heterocycles. The van der Waals surface area contributed by atoms with Gasteiger partial charge in [-0.25, -0.2) is 0 Å². The van der Waals surface area contributed by atoms with Crippen LogP contribution in [0.3, 0.4) is 0 Å². The summed E-state index contributed by atoms with van der Waals surface area (Å²) in [6, 6.07) is 20.4. The van der Waals surface area contributed by atoms with E-state index in [0.717, 1.165) is 31.6 Å². The topological polar surface area (TPSA) is 41.1 Å². The van der Waals surface area contributed by atoms with Gasteiger partial charge in [0, 0.05) is 12.1 Å². The fourth-order valence-electron chi connectivity index (χ4n) is 4.19. The van der Waals surface area contributed by atoms with E-state index in [4.69, 9.17) is 0 Å². The second kappa shape index (κ2) is 10.3. The van der Waals surface area contributed by atoms with Crippen molar-refractivity contribution in [1.82, 2.24) is 5.32 Å². The highest BCUT2D eigenvalue weighted by Gasteiger charge is 2.25. The molecule has 1 heterocycles. The third-order valence-corrected chi connectivity index (χ3v) is 5.75. The zero-order valence-electron chi connectivity index (χ0n) is 16.4. The maximum absolute atomic E-state index is 12.7. The molecule has 0 radical (unpaired) electrons. The molecule has 0 aliphatic carbocycles. The Morgan fingerprint density at radius 3 is 2.48 bits per heavy atom. The van der Waals surface area contributed by atoms with E-state index in [1.807, 2.05) is 30.3 Å². The lowest BCUT2D eigenvalue weighted by Gasteiger charge is -2.30. The van der Waals surface area contributed by atoms with E-state index in [-0.39, 0.29) is 5.91 Å². The minimum atomic E-state index is 0.134. The van der Waals surface area contributed by atoms with E-state index in [1.54, 1.807) is 0 Å². The van der Waals surface area contributed by atoms with Crippen molar-refractivity contribution in [1.29, 1.82) is 0 Å². The molecule has 0 spiro atoms. The highest BCUT2D eigenvalue weighted by molar-refractivity contribution is 5.90. The van der Waals surface area contributed by atoms with Crippen LogP contribution in [0.4, 0.5) is 5.69 Å². The predicted molar refractivity (Wildman–Crippen MR) is 113 cm³/mol. The lowest BCUT2D eigenvalue weighted by Crippen LogP contribution is -2.33. The monoisotopic (exact) mass is 364 g/mol. The molecule has 3 unspecified atom stereocenters. The van der Waals surface area contributed by atoms with Crippen LogP contribution in [0.1, 0.15) is 38.2 Å². The second-order valence-electron chi connectivity index (χ2n) is 7.99. The summed E-state index contributed by atoms with van der Waals surface area (Å²) in [6.07, 6.45) is 5.29. The molecule has 1 aliphatic heterocycles. The molecule has 27 heavy (non-hydrogen) atoms. The summed E-state index contributed by atoms with van der Waals surface area (Å²) in [6.45, 7) is 4.54. The Morgan fingerprint density at radius 2 is 1.81 bits per heavy atom. The molecule has 144 valence electrons. The third kappa shape index (κ3) is 6.51. The third-order valence-electron chi connectivity index (χ3n) is 5.75. The van der Waals surface area contributed by atoms with Crippen LogP contribution in [0, 0.1) is 17.8 Å². The van der Waals surface area contributed by atoms with Crippen LogP contribution in [-0.4, -0.2) is 19.0 Å². The van der Waals surface area contributed by atoms with Gasteiger partial charge in [0.1, 0.15) is 0 Å². The van der Waals surface area contributed by atoms with Gasteiger partial charge in [-0.2, -0.15) is 0 Å². The van der Waals surface area contributed by atoms with Gasteiger partial charge in [-0.05, 0) is 74.2 Å². The lowest BCUT2D eigenvalue weighted by atomic mass is 9.78. The van der Waals surface area contributed by atoms with E-state index >= 15 is 0 Å². The van der Waals surface area contributed by atoms with Gasteiger partial charge in [0.25, 0.3) is 0 Å². The van der Waals surface area contributed by atoms with Gasteiger partial charge in [-0.3, -0.25) is 4.79 Å². The Bertz CT molecular complexity index is 680. The first kappa shape index (κ1) is 19.6. The van der Waals surface area contributed by atoms with E-state index in [2.05, 4.69) is 47.9 Å². The summed E-state index contributed by atoms with van der Waals surface area (Å²) < 4.78 is 0. The molecule has 1 amide bonds. The number of anilines is 1. The minimum absolute atomic E-state index is 0.134. The molecule has 0 saturated carbocycles. The van der Waals surface area contributed by atoms with Gasteiger partial charge >= 0.3 is 0 Å². The van der Waals surface area contributed by atoms with E-state index in [9.17, 15) is 4.79 Å². The van der Waals surface area contributed by atoms with Crippen molar-refractivity contribution in [3.63, 3.8) is 0 Å². The molecule has 1 fully saturated rings. The number of hydrogen-bond acceptors (Lipinski definition) is 2. The van der Waals surface area contributed by atoms with Crippen molar-refractivity contribution in [2.45, 2.75) is 39.0 Å². The van der Waals surface area contributed by atoms with Gasteiger partial charge < -0.3 is 10.6 Å². The normalized spacial score (nSPS) is 19.2. The Hall–Kier alpha value is -2.13. The average Bonchev–Trinajstić information content (AvgIpc) is 2.70. The quantitative estimate of drug-likeness (QED) is 0.699. The Kier molecular flexibility index (Phi) is 7.46. The van der Waals surface area contributed by atoms with E-state index < -0.39 is 0 Å². The fourth-order valence-corrected chi connectivity index (χ4v) is 4.19. The SMILES string of the molecule is CC(Cc1ccccc1)C(CC(=O)Nc1ccccc1)CC1CCCNC1. The van der Waals surface area contributed by atoms with Gasteiger partial charge in [-0.1, -0.05) is 55.5 Å². The molecule has 3 atom stereocenters. The maximum Gasteiger partial charge on any atom is 0.224 e. The van der Waals surface area contributed by atoms with Crippen LogP contribution in [-0.2, 0) is 11.2 Å². The zero-order valence-corrected chi connectivity index (χ0v) is 16.4. The predicted octanol–water partition coefficient (Wildman–Crippen LogP) is 4.90. The molecule has 3 rings (SSSR count). The van der Waals surface area contributed by atoms with E-state index in [0.29, 0.717) is 24.2 Å². The minimum Gasteiger partial charge on any atom is -0.326 e. The molecule has 3 heteroatoms. The largest absolute Gasteiger partial charge is 0.326 e. The Balaban J connectivity index is 1.63. The van der Waals surface area contributed by atoms with E-state index in [1.165, 1.54) is 18.4 Å². The maximum atomic E-state index is 12.7. The molecular formula is C24H32N2O. The van der Waals surface area contributed by atoms with Crippen molar-refractivity contribution in [3.05, 3.63) is 66.2 Å². The number of hydrogen-bond donors (Lipinski definition) is 2. The van der Waals surface area contributed by atoms with Crippen molar-refractivity contribution >= 4 is 11.6 Å². The fraction of sp³-hybridized carbons (Fsp3) is 0.458. The first-order valence-electron chi connectivity index (χ1n) is 10.3. The van der Waals surface area contributed by atoms with Gasteiger partial charge in [-0.15, -0.1) is 0 Å². The summed E-state index contributed by atoms with van der Waals surface area (Å²) in [7, 11) is 0. The molecule has 1 saturated heterocycles. The smallest absolute Gasteiger partial charge is 0.224 e. The Morgan fingerprint density at radius 1 is 1.11 bits per heavy atom. The average molecular weight is 365 g/mol. The zero-order chi connectivity index (χ0) is 18.9. The molecule has 3 nitrogen and oxygen atoms in total. The number of carbonyl (C=O) groups excluding carboxylic acids is 1. The number of carbonyl (C=O) groups is 1. The number of nitrogens with one attached hydrogen (secondary N) is 2. The number of piperidine rings is 1. The van der Waals surface area contributed by atoms with Crippen LogP contribution < -0.4 is 10.6 Å². The van der Waals surface area contributed by atoms with Crippen LogP contribution in [0.25, 0.3) is 0 Å². The van der Waals surface area contributed by atoms with Gasteiger partial charge in [0.2, 0.25) is 5.91 Å². The molecule has 0 bridgehead atoms. The van der Waals surface area contributed by atoms with Crippen LogP contribution in [0.2, 0.25) is 0 Å². The summed E-state index contributed by atoms with van der Waals surface area (Å²) in [5, 5.41) is 6.60. The number of rotatable bonds is 8. The van der Waals surface area contributed by atoms with Crippen molar-refractivity contribution in [2.24, 2.45) is 17.8 Å². The lowest BCUT2D eigenvalue weighted by molar-refractivity contribution is -0.117. The molecular weight excluding hydrogens is 332 g/mol. The highest BCUT2D eigenvalue weighted by Crippen LogP contribution is 2.30. The molecule has 2 aromatic carbocycles. The first-order valence-corrected chi connectivity index (χ1v) is 10.3. The second-order valence-corrected chi connectivity index (χ2v) is 7.99. The summed E-state index contributed by atoms with van der Waals surface area (Å²) in [5.74, 6) is 1.70. The number of para-hydroxylation sites is 1. The van der Waals surface area contributed by atoms with Crippen LogP contribution >= 0.6 is 0 Å². The standard InChI is InChI=1S/C24H32N2O/c1-19(15-20-9-4-2-5-10-20)22(16-21-11-8-14-25-18-21)17-24(27)26-23-12-6-3-7-13-23/h2-7,9-10,12-13,19,21-22,25H,8,11,14-18H2,1H3,(H,26,27). The molecule has 1 aliphatic rings. The summed E-state index contributed by atoms with van der Waals surface area (Å²) >= 11 is 0. The van der Waals surface area contributed by atoms with Crippen LogP contribution in [0.15, 0.2) is 60.7 Å². The van der Waals surface area contributed by atoms with Crippen molar-refractivity contribution in [2.75, 3.05) is 18.4 Å². The van der Waals surface area contributed by atoms with Crippen molar-refractivity contribution < 1.29 is 4.79 Å². The molecule has 2 N–H and O–H groups in total. The van der Waals surface area contributed by atoms with Gasteiger partial charge in [0.05, 0.1) is 0 Å². The molecule has 2 aromatic rings. The number of amides is 1. The Labute approximate surface area is 163 Å². The first-order chi connectivity index (χ1) is 13.2. The summed E-state index contributed by atoms with van der Waals surface area (Å²) in [4.78, 5) is 12.7. The van der Waals surface area contributed by atoms with Crippen molar-refractivity contribution in [3.8, 4) is 0 Å².